The Balaban J connectivity index is 1.67. The molecule has 3 nitrogen and oxygen atoms in total. The summed E-state index contributed by atoms with van der Waals surface area (Å²) < 4.78 is 0. The molecule has 21 heavy (non-hydrogen) atoms. The molecular formula is C16H21N3S2. The van der Waals surface area contributed by atoms with E-state index in [0.29, 0.717) is 6.04 Å². The number of nitrogens with one attached hydrogen (secondary N) is 1. The highest BCUT2D eigenvalue weighted by atomic mass is 32.1. The number of aromatic nitrogens is 1. The van der Waals surface area contributed by atoms with E-state index in [9.17, 15) is 0 Å². The van der Waals surface area contributed by atoms with Gasteiger partial charge < -0.3 is 5.32 Å². The minimum absolute atomic E-state index is 0.504. The van der Waals surface area contributed by atoms with E-state index in [1.165, 1.54) is 38.9 Å². The van der Waals surface area contributed by atoms with Crippen molar-refractivity contribution in [1.82, 2.24) is 15.2 Å². The van der Waals surface area contributed by atoms with E-state index in [1.807, 2.05) is 22.7 Å². The van der Waals surface area contributed by atoms with Gasteiger partial charge in [0.25, 0.3) is 0 Å². The molecule has 0 radical (unpaired) electrons. The third-order valence-electron chi connectivity index (χ3n) is 4.56. The Morgan fingerprint density at radius 3 is 2.90 bits per heavy atom. The number of thiazole rings is 1. The first-order valence-corrected chi connectivity index (χ1v) is 9.57. The molecule has 3 heterocycles. The Morgan fingerprint density at radius 2 is 2.10 bits per heavy atom. The number of rotatable bonds is 3. The van der Waals surface area contributed by atoms with Crippen molar-refractivity contribution in [2.75, 3.05) is 26.2 Å². The third kappa shape index (κ3) is 2.46. The summed E-state index contributed by atoms with van der Waals surface area (Å²) in [5.74, 6) is 0. The lowest BCUT2D eigenvalue weighted by Gasteiger charge is -2.33. The Labute approximate surface area is 134 Å². The minimum atomic E-state index is 0.504. The topological polar surface area (TPSA) is 28.2 Å². The van der Waals surface area contributed by atoms with Gasteiger partial charge in [0.15, 0.2) is 0 Å². The molecule has 0 amide bonds. The second kappa shape index (κ2) is 5.80. The summed E-state index contributed by atoms with van der Waals surface area (Å²) in [6, 6.07) is 2.76. The number of hydrogen-bond donors (Lipinski definition) is 1. The van der Waals surface area contributed by atoms with Crippen LogP contribution in [0.5, 0.6) is 0 Å². The zero-order valence-electron chi connectivity index (χ0n) is 12.4. The van der Waals surface area contributed by atoms with E-state index in [4.69, 9.17) is 4.98 Å². The van der Waals surface area contributed by atoms with E-state index in [0.717, 1.165) is 32.6 Å². The second-order valence-electron chi connectivity index (χ2n) is 5.79. The van der Waals surface area contributed by atoms with Crippen molar-refractivity contribution >= 4 is 22.7 Å². The molecule has 1 aliphatic heterocycles. The summed E-state index contributed by atoms with van der Waals surface area (Å²) in [7, 11) is 0. The van der Waals surface area contributed by atoms with Crippen LogP contribution in [0.15, 0.2) is 11.4 Å². The molecular weight excluding hydrogens is 298 g/mol. The molecule has 1 fully saturated rings. The van der Waals surface area contributed by atoms with E-state index in [-0.39, 0.29) is 0 Å². The van der Waals surface area contributed by atoms with Gasteiger partial charge in [0.1, 0.15) is 5.01 Å². The predicted molar refractivity (Wildman–Crippen MR) is 90.3 cm³/mol. The Hall–Kier alpha value is -0.750. The molecule has 2 aromatic rings. The summed E-state index contributed by atoms with van der Waals surface area (Å²) in [5, 5.41) is 7.00. The number of piperazine rings is 1. The maximum absolute atomic E-state index is 5.07. The van der Waals surface area contributed by atoms with Crippen LogP contribution in [-0.2, 0) is 12.8 Å². The Bertz CT molecular complexity index is 625. The van der Waals surface area contributed by atoms with Crippen molar-refractivity contribution in [3.8, 4) is 11.3 Å². The molecule has 0 spiro atoms. The van der Waals surface area contributed by atoms with Crippen LogP contribution in [0.3, 0.4) is 0 Å². The number of thiophene rings is 1. The molecule has 1 atom stereocenters. The molecule has 1 N–H and O–H groups in total. The SMILES string of the molecule is CCC(c1nc2c(s1)CCc1sccc1-2)N1CCNCC1. The fourth-order valence-corrected chi connectivity index (χ4v) is 5.62. The average Bonchev–Trinajstić information content (AvgIpc) is 3.14. The molecule has 1 saturated heterocycles. The average molecular weight is 319 g/mol. The van der Waals surface area contributed by atoms with Crippen LogP contribution >= 0.6 is 22.7 Å². The van der Waals surface area contributed by atoms with Crippen LogP contribution < -0.4 is 5.32 Å². The number of fused-ring (bicyclic) bond motifs is 3. The lowest BCUT2D eigenvalue weighted by atomic mass is 10.0. The minimum Gasteiger partial charge on any atom is -0.314 e. The number of nitrogens with zero attached hydrogens (tertiary/aromatic N) is 2. The van der Waals surface area contributed by atoms with Gasteiger partial charge in [-0.05, 0) is 30.7 Å². The summed E-state index contributed by atoms with van der Waals surface area (Å²) in [5.41, 5.74) is 2.69. The molecule has 112 valence electrons. The molecule has 0 aromatic carbocycles. The molecule has 2 aromatic heterocycles. The van der Waals surface area contributed by atoms with E-state index in [2.05, 4.69) is 28.6 Å². The maximum Gasteiger partial charge on any atom is 0.111 e. The normalized spacial score (nSPS) is 20.0. The molecule has 2 aliphatic rings. The predicted octanol–water partition coefficient (Wildman–Crippen LogP) is 3.33. The fraction of sp³-hybridized carbons (Fsp3) is 0.562. The zero-order valence-corrected chi connectivity index (χ0v) is 14.0. The maximum atomic E-state index is 5.07. The van der Waals surface area contributed by atoms with Gasteiger partial charge in [0.05, 0.1) is 11.7 Å². The smallest absolute Gasteiger partial charge is 0.111 e. The van der Waals surface area contributed by atoms with Crippen LogP contribution in [0.25, 0.3) is 11.3 Å². The highest BCUT2D eigenvalue weighted by Crippen LogP contribution is 2.41. The standard InChI is InChI=1S/C16H21N3S2/c1-2-12(19-8-6-17-7-9-19)16-18-15-11-5-10-20-13(11)3-4-14(15)21-16/h5,10,12,17H,2-4,6-9H2,1H3. The molecule has 0 bridgehead atoms. The summed E-state index contributed by atoms with van der Waals surface area (Å²) >= 11 is 3.85. The summed E-state index contributed by atoms with van der Waals surface area (Å²) in [6.45, 7) is 6.80. The van der Waals surface area contributed by atoms with Gasteiger partial charge in [0.2, 0.25) is 0 Å². The Kier molecular flexibility index (Phi) is 3.83. The third-order valence-corrected chi connectivity index (χ3v) is 6.75. The van der Waals surface area contributed by atoms with Gasteiger partial charge >= 0.3 is 0 Å². The van der Waals surface area contributed by atoms with Crippen LogP contribution in [0.4, 0.5) is 0 Å². The molecule has 1 unspecified atom stereocenters. The van der Waals surface area contributed by atoms with Crippen molar-refractivity contribution in [1.29, 1.82) is 0 Å². The molecule has 5 heteroatoms. The van der Waals surface area contributed by atoms with Crippen molar-refractivity contribution in [3.05, 3.63) is 26.2 Å². The first-order chi connectivity index (χ1) is 10.4. The van der Waals surface area contributed by atoms with Crippen molar-refractivity contribution < 1.29 is 0 Å². The number of aryl methyl sites for hydroxylation is 2. The largest absolute Gasteiger partial charge is 0.314 e. The first kappa shape index (κ1) is 13.9. The summed E-state index contributed by atoms with van der Waals surface area (Å²) in [6.07, 6.45) is 3.54. The quantitative estimate of drug-likeness (QED) is 0.940. The van der Waals surface area contributed by atoms with Crippen LogP contribution in [0, 0.1) is 0 Å². The van der Waals surface area contributed by atoms with Crippen LogP contribution in [0.1, 0.15) is 34.1 Å². The van der Waals surface area contributed by atoms with E-state index < -0.39 is 0 Å². The van der Waals surface area contributed by atoms with Crippen molar-refractivity contribution in [2.45, 2.75) is 32.2 Å². The van der Waals surface area contributed by atoms with Gasteiger partial charge in [-0.15, -0.1) is 22.7 Å². The zero-order chi connectivity index (χ0) is 14.2. The van der Waals surface area contributed by atoms with Crippen LogP contribution in [0.2, 0.25) is 0 Å². The summed E-state index contributed by atoms with van der Waals surface area (Å²) in [4.78, 5) is 10.7. The van der Waals surface area contributed by atoms with Gasteiger partial charge in [-0.25, -0.2) is 4.98 Å². The molecule has 0 saturated carbocycles. The molecule has 4 rings (SSSR count). The fourth-order valence-electron chi connectivity index (χ4n) is 3.45. The van der Waals surface area contributed by atoms with Crippen LogP contribution in [-0.4, -0.2) is 36.1 Å². The number of hydrogen-bond acceptors (Lipinski definition) is 5. The van der Waals surface area contributed by atoms with E-state index >= 15 is 0 Å². The lowest BCUT2D eigenvalue weighted by Crippen LogP contribution is -2.45. The first-order valence-electron chi connectivity index (χ1n) is 7.88. The van der Waals surface area contributed by atoms with Gasteiger partial charge in [-0.3, -0.25) is 4.90 Å². The lowest BCUT2D eigenvalue weighted by molar-refractivity contribution is 0.169. The highest BCUT2D eigenvalue weighted by molar-refractivity contribution is 7.12. The van der Waals surface area contributed by atoms with Gasteiger partial charge in [0, 0.05) is 41.5 Å². The van der Waals surface area contributed by atoms with Gasteiger partial charge in [-0.2, -0.15) is 0 Å². The molecule has 1 aliphatic carbocycles. The van der Waals surface area contributed by atoms with Gasteiger partial charge in [-0.1, -0.05) is 6.92 Å². The van der Waals surface area contributed by atoms with Crippen molar-refractivity contribution in [3.63, 3.8) is 0 Å². The highest BCUT2D eigenvalue weighted by Gasteiger charge is 2.27. The Morgan fingerprint density at radius 1 is 1.29 bits per heavy atom. The monoisotopic (exact) mass is 319 g/mol. The second-order valence-corrected chi connectivity index (χ2v) is 7.91. The van der Waals surface area contributed by atoms with E-state index in [1.54, 1.807) is 0 Å². The van der Waals surface area contributed by atoms with Crippen molar-refractivity contribution in [2.24, 2.45) is 0 Å².